The third kappa shape index (κ3) is 2.26. The van der Waals surface area contributed by atoms with Crippen LogP contribution in [-0.2, 0) is 0 Å². The van der Waals surface area contributed by atoms with Crippen molar-refractivity contribution >= 4 is 11.8 Å². The number of nitriles is 1. The first kappa shape index (κ1) is 16.4. The summed E-state index contributed by atoms with van der Waals surface area (Å²) in [7, 11) is 0. The van der Waals surface area contributed by atoms with Crippen molar-refractivity contribution in [1.29, 1.82) is 5.26 Å². The van der Waals surface area contributed by atoms with Crippen LogP contribution < -0.4 is 0 Å². The van der Waals surface area contributed by atoms with E-state index in [2.05, 4.69) is 10.9 Å². The number of nitrogens with zero attached hydrogens (tertiary/aromatic N) is 2. The van der Waals surface area contributed by atoms with Crippen molar-refractivity contribution in [1.82, 2.24) is 0 Å². The summed E-state index contributed by atoms with van der Waals surface area (Å²) >= 11 is 0. The first-order chi connectivity index (χ1) is 11.4. The minimum Gasteiger partial charge on any atom is -0.236 e. The summed E-state index contributed by atoms with van der Waals surface area (Å²) in [5.41, 5.74) is 0.366. The molecule has 2 bridgehead atoms. The van der Waals surface area contributed by atoms with E-state index >= 15 is 0 Å². The topological polar surface area (TPSA) is 28.1 Å². The van der Waals surface area contributed by atoms with E-state index in [9.17, 15) is 14.0 Å². The molecule has 0 unspecified atom stereocenters. The lowest BCUT2D eigenvalue weighted by Crippen LogP contribution is -2.39. The molecule has 0 spiro atoms. The van der Waals surface area contributed by atoms with E-state index < -0.39 is 22.5 Å². The van der Waals surface area contributed by atoms with Gasteiger partial charge in [-0.15, -0.1) is 0 Å². The molecule has 1 saturated carbocycles. The summed E-state index contributed by atoms with van der Waals surface area (Å²) in [4.78, 5) is 3.43. The molecule has 3 aliphatic carbocycles. The number of hydrogen-bond acceptors (Lipinski definition) is 1. The first-order valence-corrected chi connectivity index (χ1v) is 8.03. The number of fused-ring (bicyclic) bond motifs is 2. The molecule has 2 nitrogen and oxygen atoms in total. The predicted molar refractivity (Wildman–Crippen MR) is 89.4 cm³/mol. The maximum Gasteiger partial charge on any atom is 0.208 e. The lowest BCUT2D eigenvalue weighted by atomic mass is 9.57. The second-order valence-electron chi connectivity index (χ2n) is 7.10. The molecule has 122 valence electrons. The van der Waals surface area contributed by atoms with Crippen LogP contribution in [0.4, 0.5) is 14.5 Å². The van der Waals surface area contributed by atoms with E-state index in [1.165, 1.54) is 0 Å². The van der Waals surface area contributed by atoms with Crippen molar-refractivity contribution in [3.8, 4) is 6.07 Å². The third-order valence-corrected chi connectivity index (χ3v) is 5.62. The highest BCUT2D eigenvalue weighted by molar-refractivity contribution is 5.73. The van der Waals surface area contributed by atoms with Gasteiger partial charge in [0.25, 0.3) is 0 Å². The molecule has 0 N–H and O–H groups in total. The smallest absolute Gasteiger partial charge is 0.208 e. The quantitative estimate of drug-likeness (QED) is 0.599. The Bertz CT molecular complexity index is 842. The maximum absolute atomic E-state index is 14.6. The molecule has 3 aliphatic rings. The van der Waals surface area contributed by atoms with Crippen LogP contribution in [0.5, 0.6) is 0 Å². The van der Waals surface area contributed by atoms with Gasteiger partial charge in [0.1, 0.15) is 11.7 Å². The number of hydrogen-bond donors (Lipinski definition) is 0. The van der Waals surface area contributed by atoms with Gasteiger partial charge < -0.3 is 0 Å². The minimum absolute atomic E-state index is 0.291. The Morgan fingerprint density at radius 1 is 1.21 bits per heavy atom. The zero-order chi connectivity index (χ0) is 17.5. The van der Waals surface area contributed by atoms with E-state index in [1.54, 1.807) is 38.1 Å². The van der Waals surface area contributed by atoms with E-state index in [0.29, 0.717) is 42.5 Å². The third-order valence-electron chi connectivity index (χ3n) is 5.62. The SMILES string of the molecule is [C-]#[N+]c1c(C)ccc(/C=C/C23CCC(C)(CC2)C(F)=C3F)c1C#N. The molecule has 24 heavy (non-hydrogen) atoms. The van der Waals surface area contributed by atoms with Crippen molar-refractivity contribution in [3.63, 3.8) is 0 Å². The molecule has 1 aromatic carbocycles. The number of rotatable bonds is 2. The normalized spacial score (nSPS) is 28.9. The van der Waals surface area contributed by atoms with Gasteiger partial charge in [-0.2, -0.15) is 5.26 Å². The fourth-order valence-electron chi connectivity index (χ4n) is 3.77. The molecule has 4 heteroatoms. The Kier molecular flexibility index (Phi) is 3.80. The molecular weight excluding hydrogens is 306 g/mol. The summed E-state index contributed by atoms with van der Waals surface area (Å²) in [6, 6.07) is 5.59. The van der Waals surface area contributed by atoms with Crippen LogP contribution in [0.3, 0.4) is 0 Å². The molecule has 0 atom stereocenters. The zero-order valence-corrected chi connectivity index (χ0v) is 13.8. The molecule has 0 aliphatic heterocycles. The molecular formula is C20H18F2N2. The highest BCUT2D eigenvalue weighted by Crippen LogP contribution is 2.61. The van der Waals surface area contributed by atoms with E-state index in [1.807, 2.05) is 0 Å². The second-order valence-corrected chi connectivity index (χ2v) is 7.10. The van der Waals surface area contributed by atoms with Gasteiger partial charge in [-0.25, -0.2) is 13.6 Å². The Morgan fingerprint density at radius 3 is 2.46 bits per heavy atom. The maximum atomic E-state index is 14.6. The van der Waals surface area contributed by atoms with Crippen LogP contribution in [0.2, 0.25) is 0 Å². The van der Waals surface area contributed by atoms with Gasteiger partial charge in [0, 0.05) is 10.8 Å². The van der Waals surface area contributed by atoms with E-state index in [4.69, 9.17) is 6.57 Å². The standard InChI is InChI=1S/C20H18F2N2/c1-13-4-5-14(15(12-23)16(13)24-3)6-7-20-10-8-19(2,9-11-20)17(21)18(20)22/h4-7H,8-11H2,1-2H3/b7-6+. The molecule has 1 fully saturated rings. The van der Waals surface area contributed by atoms with Crippen LogP contribution in [-0.4, -0.2) is 0 Å². The van der Waals surface area contributed by atoms with Crippen molar-refractivity contribution < 1.29 is 8.78 Å². The van der Waals surface area contributed by atoms with Crippen molar-refractivity contribution in [2.24, 2.45) is 10.8 Å². The largest absolute Gasteiger partial charge is 0.236 e. The van der Waals surface area contributed by atoms with Crippen LogP contribution in [0.25, 0.3) is 10.9 Å². The molecule has 0 aromatic heterocycles. The van der Waals surface area contributed by atoms with Crippen LogP contribution >= 0.6 is 0 Å². The Labute approximate surface area is 140 Å². The highest BCUT2D eigenvalue weighted by Gasteiger charge is 2.52. The molecule has 0 heterocycles. The molecule has 4 rings (SSSR count). The highest BCUT2D eigenvalue weighted by atomic mass is 19.2. The first-order valence-electron chi connectivity index (χ1n) is 8.03. The van der Waals surface area contributed by atoms with Crippen LogP contribution in [0, 0.1) is 35.7 Å². The van der Waals surface area contributed by atoms with Gasteiger partial charge in [0.15, 0.2) is 0 Å². The summed E-state index contributed by atoms with van der Waals surface area (Å²) < 4.78 is 28.9. The van der Waals surface area contributed by atoms with Gasteiger partial charge in [0.2, 0.25) is 5.69 Å². The van der Waals surface area contributed by atoms with Gasteiger partial charge in [0.05, 0.1) is 18.2 Å². The summed E-state index contributed by atoms with van der Waals surface area (Å²) in [6.07, 6.45) is 5.77. The predicted octanol–water partition coefficient (Wildman–Crippen LogP) is 6.16. The van der Waals surface area contributed by atoms with Gasteiger partial charge in [-0.3, -0.25) is 0 Å². The Morgan fingerprint density at radius 2 is 1.88 bits per heavy atom. The number of halogens is 2. The van der Waals surface area contributed by atoms with Crippen molar-refractivity contribution in [2.45, 2.75) is 39.5 Å². The summed E-state index contributed by atoms with van der Waals surface area (Å²) in [5.74, 6) is -1.27. The zero-order valence-electron chi connectivity index (χ0n) is 13.8. The summed E-state index contributed by atoms with van der Waals surface area (Å²) in [6.45, 7) is 10.8. The van der Waals surface area contributed by atoms with E-state index in [0.717, 1.165) is 5.56 Å². The van der Waals surface area contributed by atoms with Crippen LogP contribution in [0.1, 0.15) is 49.3 Å². The van der Waals surface area contributed by atoms with Gasteiger partial charge in [-0.1, -0.05) is 31.2 Å². The average Bonchev–Trinajstić information content (AvgIpc) is 2.59. The Hall–Kier alpha value is -2.46. The van der Waals surface area contributed by atoms with Crippen molar-refractivity contribution in [3.05, 3.63) is 58.0 Å². The fraction of sp³-hybridized carbons (Fsp3) is 0.400. The molecule has 0 saturated heterocycles. The number of allylic oxidation sites excluding steroid dienone is 3. The van der Waals surface area contributed by atoms with Gasteiger partial charge in [-0.05, 0) is 43.7 Å². The van der Waals surface area contributed by atoms with E-state index in [-0.39, 0.29) is 0 Å². The minimum atomic E-state index is -0.905. The second kappa shape index (κ2) is 5.56. The molecule has 1 aromatic rings. The van der Waals surface area contributed by atoms with Crippen molar-refractivity contribution in [2.75, 3.05) is 0 Å². The molecule has 0 amide bonds. The summed E-state index contributed by atoms with van der Waals surface area (Å²) in [5, 5.41) is 9.38. The average molecular weight is 324 g/mol. The van der Waals surface area contributed by atoms with Gasteiger partial charge >= 0.3 is 0 Å². The molecule has 0 radical (unpaired) electrons. The fourth-order valence-corrected chi connectivity index (χ4v) is 3.77. The Balaban J connectivity index is 2.05. The lowest BCUT2D eigenvalue weighted by molar-refractivity contribution is 0.0874. The number of aryl methyl sites for hydroxylation is 1. The lowest BCUT2D eigenvalue weighted by Gasteiger charge is -2.48. The van der Waals surface area contributed by atoms with Crippen LogP contribution in [0.15, 0.2) is 29.9 Å². The monoisotopic (exact) mass is 324 g/mol. The number of benzene rings is 1.